The molecular weight excluding hydrogens is 248 g/mol. The van der Waals surface area contributed by atoms with E-state index in [4.69, 9.17) is 0 Å². The molecule has 0 saturated heterocycles. The molecule has 3 nitrogen and oxygen atoms in total. The number of carbonyl (C=O) groups is 1. The third-order valence-corrected chi connectivity index (χ3v) is 3.89. The van der Waals surface area contributed by atoms with Crippen LogP contribution >= 0.6 is 0 Å². The molecule has 1 amide bonds. The molecule has 0 radical (unpaired) electrons. The lowest BCUT2D eigenvalue weighted by Gasteiger charge is -2.24. The number of nitrogens with one attached hydrogen (secondary N) is 1. The number of benzene rings is 1. The van der Waals surface area contributed by atoms with Gasteiger partial charge in [-0.05, 0) is 31.9 Å². The zero-order chi connectivity index (χ0) is 15.0. The first-order valence-corrected chi connectivity index (χ1v) is 7.59. The summed E-state index contributed by atoms with van der Waals surface area (Å²) in [7, 11) is 0. The molecule has 0 bridgehead atoms. The summed E-state index contributed by atoms with van der Waals surface area (Å²) in [6.07, 6.45) is 1.83. The highest BCUT2D eigenvalue weighted by atomic mass is 16.2. The topological polar surface area (TPSA) is 32.3 Å². The van der Waals surface area contributed by atoms with Gasteiger partial charge in [0.25, 0.3) is 0 Å². The molecule has 1 aromatic rings. The van der Waals surface area contributed by atoms with Gasteiger partial charge < -0.3 is 10.2 Å². The van der Waals surface area contributed by atoms with Gasteiger partial charge in [-0.2, -0.15) is 0 Å². The summed E-state index contributed by atoms with van der Waals surface area (Å²) in [4.78, 5) is 14.3. The first-order valence-electron chi connectivity index (χ1n) is 7.59. The molecule has 0 unspecified atom stereocenters. The number of rotatable bonds is 8. The molecule has 0 saturated carbocycles. The highest BCUT2D eigenvalue weighted by Gasteiger charge is 2.24. The molecule has 0 fully saturated rings. The number of hydrogen-bond donors (Lipinski definition) is 1. The number of amides is 1. The summed E-state index contributed by atoms with van der Waals surface area (Å²) in [5.74, 6) is 0.155. The van der Waals surface area contributed by atoms with E-state index < -0.39 is 0 Å². The quantitative estimate of drug-likeness (QED) is 0.738. The summed E-state index contributed by atoms with van der Waals surface area (Å²) in [5, 5.41) is 3.04. The maximum absolute atomic E-state index is 12.0. The third-order valence-electron chi connectivity index (χ3n) is 3.89. The Balaban J connectivity index is 2.35. The zero-order valence-electron chi connectivity index (χ0n) is 13.3. The van der Waals surface area contributed by atoms with Crippen LogP contribution in [0.2, 0.25) is 0 Å². The summed E-state index contributed by atoms with van der Waals surface area (Å²) < 4.78 is 0. The molecule has 1 aromatic carbocycles. The van der Waals surface area contributed by atoms with Gasteiger partial charge in [-0.3, -0.25) is 4.79 Å². The standard InChI is InChI=1S/C17H28N2O/c1-5-17(3,4)16(20)18-13-10-14-19(6-2)15-11-8-7-9-12-15/h7-9,11-12H,5-6,10,13-14H2,1-4H3,(H,18,20). The highest BCUT2D eigenvalue weighted by molar-refractivity contribution is 5.81. The Morgan fingerprint density at radius 2 is 1.85 bits per heavy atom. The van der Waals surface area contributed by atoms with E-state index >= 15 is 0 Å². The number of para-hydroxylation sites is 1. The van der Waals surface area contributed by atoms with Gasteiger partial charge >= 0.3 is 0 Å². The molecule has 0 spiro atoms. The molecule has 0 atom stereocenters. The maximum Gasteiger partial charge on any atom is 0.225 e. The zero-order valence-corrected chi connectivity index (χ0v) is 13.3. The Hall–Kier alpha value is -1.51. The number of carbonyl (C=O) groups excluding carboxylic acids is 1. The molecule has 0 aliphatic heterocycles. The van der Waals surface area contributed by atoms with Gasteiger partial charge in [-0.1, -0.05) is 39.0 Å². The van der Waals surface area contributed by atoms with Gasteiger partial charge in [0, 0.05) is 30.7 Å². The molecule has 0 aromatic heterocycles. The van der Waals surface area contributed by atoms with Crippen molar-refractivity contribution in [3.63, 3.8) is 0 Å². The van der Waals surface area contributed by atoms with Crippen LogP contribution in [0.1, 0.15) is 40.5 Å². The molecule has 3 heteroatoms. The van der Waals surface area contributed by atoms with Crippen molar-refractivity contribution in [1.29, 1.82) is 0 Å². The molecule has 1 N–H and O–H groups in total. The van der Waals surface area contributed by atoms with Crippen LogP contribution in [0, 0.1) is 5.41 Å². The van der Waals surface area contributed by atoms with E-state index in [0.717, 1.165) is 32.5 Å². The average molecular weight is 276 g/mol. The Kier molecular flexibility index (Phi) is 6.56. The van der Waals surface area contributed by atoms with E-state index in [2.05, 4.69) is 41.4 Å². The Labute approximate surface area is 123 Å². The molecule has 0 heterocycles. The fourth-order valence-electron chi connectivity index (χ4n) is 1.98. The smallest absolute Gasteiger partial charge is 0.225 e. The van der Waals surface area contributed by atoms with Gasteiger partial charge in [0.2, 0.25) is 5.91 Å². The Morgan fingerprint density at radius 3 is 2.40 bits per heavy atom. The van der Waals surface area contributed by atoms with Gasteiger partial charge in [-0.25, -0.2) is 0 Å². The van der Waals surface area contributed by atoms with Gasteiger partial charge in [0.15, 0.2) is 0 Å². The van der Waals surface area contributed by atoms with Crippen molar-refractivity contribution in [2.45, 2.75) is 40.5 Å². The lowest BCUT2D eigenvalue weighted by Crippen LogP contribution is -2.38. The van der Waals surface area contributed by atoms with Gasteiger partial charge in [0.05, 0.1) is 0 Å². The van der Waals surface area contributed by atoms with Crippen molar-refractivity contribution in [1.82, 2.24) is 5.32 Å². The molecule has 0 aliphatic carbocycles. The van der Waals surface area contributed by atoms with Crippen molar-refractivity contribution in [3.8, 4) is 0 Å². The molecule has 112 valence electrons. The molecule has 0 aliphatic rings. The number of anilines is 1. The van der Waals surface area contributed by atoms with Crippen molar-refractivity contribution < 1.29 is 4.79 Å². The largest absolute Gasteiger partial charge is 0.372 e. The number of hydrogen-bond acceptors (Lipinski definition) is 2. The molecular formula is C17H28N2O. The Morgan fingerprint density at radius 1 is 1.20 bits per heavy atom. The van der Waals surface area contributed by atoms with Crippen molar-refractivity contribution in [2.24, 2.45) is 5.41 Å². The minimum atomic E-state index is -0.260. The lowest BCUT2D eigenvalue weighted by molar-refractivity contribution is -0.129. The van der Waals surface area contributed by atoms with Crippen molar-refractivity contribution in [2.75, 3.05) is 24.5 Å². The van der Waals surface area contributed by atoms with E-state index in [-0.39, 0.29) is 11.3 Å². The summed E-state index contributed by atoms with van der Waals surface area (Å²) >= 11 is 0. The second-order valence-electron chi connectivity index (χ2n) is 5.76. The van der Waals surface area contributed by atoms with Gasteiger partial charge in [-0.15, -0.1) is 0 Å². The fraction of sp³-hybridized carbons (Fsp3) is 0.588. The first-order chi connectivity index (χ1) is 9.51. The monoisotopic (exact) mass is 276 g/mol. The van der Waals surface area contributed by atoms with Crippen LogP contribution in [0.4, 0.5) is 5.69 Å². The average Bonchev–Trinajstić information content (AvgIpc) is 2.48. The van der Waals surface area contributed by atoms with Crippen molar-refractivity contribution >= 4 is 11.6 Å². The van der Waals surface area contributed by atoms with Crippen LogP contribution in [-0.4, -0.2) is 25.5 Å². The predicted octanol–water partition coefficient (Wildman–Crippen LogP) is 3.46. The van der Waals surface area contributed by atoms with Crippen molar-refractivity contribution in [3.05, 3.63) is 30.3 Å². The van der Waals surface area contributed by atoms with Gasteiger partial charge in [0.1, 0.15) is 0 Å². The van der Waals surface area contributed by atoms with Crippen LogP contribution in [0.15, 0.2) is 30.3 Å². The lowest BCUT2D eigenvalue weighted by atomic mass is 9.89. The van der Waals surface area contributed by atoms with Crippen LogP contribution < -0.4 is 10.2 Å². The van der Waals surface area contributed by atoms with E-state index in [9.17, 15) is 4.79 Å². The third kappa shape index (κ3) is 4.87. The fourth-order valence-corrected chi connectivity index (χ4v) is 1.98. The second kappa shape index (κ2) is 7.93. The van der Waals surface area contributed by atoms with E-state index in [1.807, 2.05) is 26.8 Å². The molecule has 20 heavy (non-hydrogen) atoms. The maximum atomic E-state index is 12.0. The number of nitrogens with zero attached hydrogens (tertiary/aromatic N) is 1. The van der Waals surface area contributed by atoms with Crippen LogP contribution in [0.3, 0.4) is 0 Å². The van der Waals surface area contributed by atoms with Crippen LogP contribution in [0.5, 0.6) is 0 Å². The SMILES string of the molecule is CCN(CCCNC(=O)C(C)(C)CC)c1ccccc1. The van der Waals surface area contributed by atoms with E-state index in [1.54, 1.807) is 0 Å². The normalized spacial score (nSPS) is 11.2. The predicted molar refractivity (Wildman–Crippen MR) is 86.0 cm³/mol. The summed E-state index contributed by atoms with van der Waals surface area (Å²) in [6.45, 7) is 10.9. The van der Waals surface area contributed by atoms with Crippen LogP contribution in [-0.2, 0) is 4.79 Å². The van der Waals surface area contributed by atoms with Crippen LogP contribution in [0.25, 0.3) is 0 Å². The second-order valence-corrected chi connectivity index (χ2v) is 5.76. The minimum Gasteiger partial charge on any atom is -0.372 e. The van der Waals surface area contributed by atoms with E-state index in [0.29, 0.717) is 0 Å². The summed E-state index contributed by atoms with van der Waals surface area (Å²) in [5.41, 5.74) is 0.986. The highest BCUT2D eigenvalue weighted by Crippen LogP contribution is 2.19. The molecule has 1 rings (SSSR count). The summed E-state index contributed by atoms with van der Waals surface area (Å²) in [6, 6.07) is 10.4. The minimum absolute atomic E-state index is 0.155. The first kappa shape index (κ1) is 16.5. The van der Waals surface area contributed by atoms with E-state index in [1.165, 1.54) is 5.69 Å². The Bertz CT molecular complexity index is 401.